The number of benzene rings is 1. The topological polar surface area (TPSA) is 38.3 Å². The Labute approximate surface area is 128 Å². The molecule has 1 fully saturated rings. The summed E-state index contributed by atoms with van der Waals surface area (Å²) in [5.74, 6) is 0.797. The molecule has 1 aliphatic heterocycles. The highest BCUT2D eigenvalue weighted by atomic mass is 79.9. The Morgan fingerprint density at radius 1 is 1.35 bits per heavy atom. The maximum absolute atomic E-state index is 12.4. The van der Waals surface area contributed by atoms with Crippen LogP contribution in [0.15, 0.2) is 24.3 Å². The highest BCUT2D eigenvalue weighted by Crippen LogP contribution is 2.39. The smallest absolute Gasteiger partial charge is 0.231 e. The third kappa shape index (κ3) is 2.58. The van der Waals surface area contributed by atoms with Crippen LogP contribution in [-0.4, -0.2) is 24.4 Å². The summed E-state index contributed by atoms with van der Waals surface area (Å²) in [7, 11) is 0. The van der Waals surface area contributed by atoms with Crippen molar-refractivity contribution < 1.29 is 9.53 Å². The molecule has 1 atom stereocenters. The summed E-state index contributed by atoms with van der Waals surface area (Å²) in [6.45, 7) is 1.24. The van der Waals surface area contributed by atoms with Gasteiger partial charge in [0, 0.05) is 17.4 Å². The molecule has 3 rings (SSSR count). The lowest BCUT2D eigenvalue weighted by Gasteiger charge is -2.27. The van der Waals surface area contributed by atoms with Crippen molar-refractivity contribution in [1.82, 2.24) is 5.32 Å². The quantitative estimate of drug-likeness (QED) is 0.856. The summed E-state index contributed by atoms with van der Waals surface area (Å²) in [6.07, 6.45) is 4.96. The van der Waals surface area contributed by atoms with E-state index in [1.807, 2.05) is 24.3 Å². The highest BCUT2D eigenvalue weighted by Gasteiger charge is 2.35. The number of hydrogen-bond donors (Lipinski definition) is 1. The molecule has 2 aliphatic rings. The van der Waals surface area contributed by atoms with Gasteiger partial charge in [0.25, 0.3) is 0 Å². The molecule has 0 spiro atoms. The van der Waals surface area contributed by atoms with Crippen LogP contribution in [0.5, 0.6) is 5.75 Å². The molecule has 0 radical (unpaired) electrons. The molecule has 1 aromatic rings. The first-order chi connectivity index (χ1) is 9.74. The number of carbonyl (C=O) groups excluding carboxylic acids is 1. The fourth-order valence-electron chi connectivity index (χ4n) is 3.26. The monoisotopic (exact) mass is 337 g/mol. The third-order valence-corrected chi connectivity index (χ3v) is 5.79. The first-order valence-electron chi connectivity index (χ1n) is 7.29. The number of fused-ring (bicyclic) bond motifs is 1. The Morgan fingerprint density at radius 3 is 2.85 bits per heavy atom. The summed E-state index contributed by atoms with van der Waals surface area (Å²) in [5.41, 5.74) is 1.28. The van der Waals surface area contributed by atoms with Crippen molar-refractivity contribution in [2.24, 2.45) is 5.41 Å². The number of para-hydroxylation sites is 1. The van der Waals surface area contributed by atoms with Crippen molar-refractivity contribution in [2.45, 2.75) is 31.6 Å². The SMILES string of the molecule is O=C(NCC1(CBr)CCCC1)C1COc2ccccc21. The van der Waals surface area contributed by atoms with Crippen molar-refractivity contribution in [3.63, 3.8) is 0 Å². The van der Waals surface area contributed by atoms with Crippen molar-refractivity contribution in [3.8, 4) is 5.75 Å². The number of alkyl halides is 1. The van der Waals surface area contributed by atoms with Crippen LogP contribution >= 0.6 is 15.9 Å². The van der Waals surface area contributed by atoms with E-state index < -0.39 is 0 Å². The van der Waals surface area contributed by atoms with Crippen LogP contribution in [0.1, 0.15) is 37.2 Å². The zero-order valence-electron chi connectivity index (χ0n) is 11.5. The van der Waals surface area contributed by atoms with E-state index in [0.717, 1.165) is 23.2 Å². The van der Waals surface area contributed by atoms with E-state index in [9.17, 15) is 4.79 Å². The minimum absolute atomic E-state index is 0.0992. The van der Waals surface area contributed by atoms with Gasteiger partial charge in [-0.2, -0.15) is 0 Å². The predicted octanol–water partition coefficient (Wildman–Crippen LogP) is 3.23. The lowest BCUT2D eigenvalue weighted by molar-refractivity contribution is -0.123. The normalized spacial score (nSPS) is 23.1. The van der Waals surface area contributed by atoms with Crippen LogP contribution in [0.3, 0.4) is 0 Å². The molecule has 108 valence electrons. The molecular weight excluding hydrogens is 318 g/mol. The minimum Gasteiger partial charge on any atom is -0.492 e. The van der Waals surface area contributed by atoms with Crippen molar-refractivity contribution >= 4 is 21.8 Å². The first-order valence-corrected chi connectivity index (χ1v) is 8.42. The molecule has 1 aromatic carbocycles. The third-order valence-electron chi connectivity index (χ3n) is 4.60. The summed E-state index contributed by atoms with van der Waals surface area (Å²) >= 11 is 3.62. The summed E-state index contributed by atoms with van der Waals surface area (Å²) in [4.78, 5) is 12.4. The van der Waals surface area contributed by atoms with Gasteiger partial charge in [0.2, 0.25) is 5.91 Å². The van der Waals surface area contributed by atoms with Gasteiger partial charge in [0.15, 0.2) is 0 Å². The van der Waals surface area contributed by atoms with Crippen LogP contribution < -0.4 is 10.1 Å². The summed E-state index contributed by atoms with van der Waals surface area (Å²) in [5, 5.41) is 4.12. The van der Waals surface area contributed by atoms with E-state index in [1.54, 1.807) is 0 Å². The van der Waals surface area contributed by atoms with Gasteiger partial charge >= 0.3 is 0 Å². The average molecular weight is 338 g/mol. The average Bonchev–Trinajstić information content (AvgIpc) is 3.12. The van der Waals surface area contributed by atoms with E-state index in [-0.39, 0.29) is 17.2 Å². The molecule has 1 aliphatic carbocycles. The van der Waals surface area contributed by atoms with Crippen LogP contribution in [-0.2, 0) is 4.79 Å². The second-order valence-electron chi connectivity index (χ2n) is 5.96. The van der Waals surface area contributed by atoms with Gasteiger partial charge in [-0.05, 0) is 24.3 Å². The van der Waals surface area contributed by atoms with Gasteiger partial charge < -0.3 is 10.1 Å². The molecule has 1 saturated carbocycles. The lowest BCUT2D eigenvalue weighted by Crippen LogP contribution is -2.39. The van der Waals surface area contributed by atoms with Gasteiger partial charge in [0.1, 0.15) is 18.3 Å². The molecule has 20 heavy (non-hydrogen) atoms. The van der Waals surface area contributed by atoms with E-state index >= 15 is 0 Å². The molecule has 0 saturated heterocycles. The lowest BCUT2D eigenvalue weighted by atomic mass is 9.88. The fourth-order valence-corrected chi connectivity index (χ4v) is 4.02. The first kappa shape index (κ1) is 13.9. The van der Waals surface area contributed by atoms with Crippen molar-refractivity contribution in [1.29, 1.82) is 0 Å². The van der Waals surface area contributed by atoms with Crippen LogP contribution in [0.4, 0.5) is 0 Å². The number of amides is 1. The fraction of sp³-hybridized carbons (Fsp3) is 0.562. The Hall–Kier alpha value is -1.03. The maximum Gasteiger partial charge on any atom is 0.231 e. The number of rotatable bonds is 4. The van der Waals surface area contributed by atoms with Crippen LogP contribution in [0.2, 0.25) is 0 Å². The van der Waals surface area contributed by atoms with Gasteiger partial charge in [-0.15, -0.1) is 0 Å². The molecule has 1 heterocycles. The second-order valence-corrected chi connectivity index (χ2v) is 6.52. The molecular formula is C16H20BrNO2. The zero-order chi connectivity index (χ0) is 14.0. The van der Waals surface area contributed by atoms with Gasteiger partial charge in [-0.25, -0.2) is 0 Å². The van der Waals surface area contributed by atoms with Gasteiger partial charge in [-0.1, -0.05) is 47.0 Å². The number of hydrogen-bond acceptors (Lipinski definition) is 2. The Balaban J connectivity index is 1.63. The molecule has 4 heteroatoms. The van der Waals surface area contributed by atoms with Crippen molar-refractivity contribution in [3.05, 3.63) is 29.8 Å². The Morgan fingerprint density at radius 2 is 2.10 bits per heavy atom. The largest absolute Gasteiger partial charge is 0.492 e. The van der Waals surface area contributed by atoms with Gasteiger partial charge in [-0.3, -0.25) is 4.79 Å². The van der Waals surface area contributed by atoms with E-state index in [1.165, 1.54) is 25.7 Å². The summed E-state index contributed by atoms with van der Waals surface area (Å²) < 4.78 is 5.59. The van der Waals surface area contributed by atoms with E-state index in [4.69, 9.17) is 4.74 Å². The maximum atomic E-state index is 12.4. The molecule has 0 aromatic heterocycles. The predicted molar refractivity (Wildman–Crippen MR) is 82.4 cm³/mol. The molecule has 1 N–H and O–H groups in total. The number of halogens is 1. The Kier molecular flexibility index (Phi) is 4.01. The van der Waals surface area contributed by atoms with E-state index in [0.29, 0.717) is 6.61 Å². The highest BCUT2D eigenvalue weighted by molar-refractivity contribution is 9.09. The number of carbonyl (C=O) groups is 1. The number of ether oxygens (including phenoxy) is 1. The molecule has 3 nitrogen and oxygen atoms in total. The zero-order valence-corrected chi connectivity index (χ0v) is 13.1. The van der Waals surface area contributed by atoms with Gasteiger partial charge in [0.05, 0.1) is 0 Å². The molecule has 1 amide bonds. The van der Waals surface area contributed by atoms with Crippen LogP contribution in [0.25, 0.3) is 0 Å². The molecule has 1 unspecified atom stereocenters. The van der Waals surface area contributed by atoms with E-state index in [2.05, 4.69) is 21.2 Å². The minimum atomic E-state index is -0.153. The summed E-state index contributed by atoms with van der Waals surface area (Å²) in [6, 6.07) is 7.82. The molecule has 0 bridgehead atoms. The standard InChI is InChI=1S/C16H20BrNO2/c17-10-16(7-3-4-8-16)11-18-15(19)13-9-20-14-6-2-1-5-12(13)14/h1-2,5-6,13H,3-4,7-11H2,(H,18,19). The van der Waals surface area contributed by atoms with Crippen molar-refractivity contribution in [2.75, 3.05) is 18.5 Å². The van der Waals surface area contributed by atoms with Crippen LogP contribution in [0, 0.1) is 5.41 Å². The Bertz CT molecular complexity index is 497. The number of nitrogens with one attached hydrogen (secondary N) is 1. The second kappa shape index (κ2) is 5.76.